The number of ether oxygens (including phenoxy) is 3. The lowest BCUT2D eigenvalue weighted by atomic mass is 10.3. The summed E-state index contributed by atoms with van der Waals surface area (Å²) in [6, 6.07) is 0.736. The van der Waals surface area contributed by atoms with Crippen LogP contribution in [0.2, 0.25) is 0 Å². The number of methoxy groups -OCH3 is 1. The number of nitrogens with one attached hydrogen (secondary N) is 1. The molecule has 1 aliphatic carbocycles. The molecule has 0 spiro atoms. The van der Waals surface area contributed by atoms with Crippen molar-refractivity contribution in [3.63, 3.8) is 0 Å². The molecule has 1 aromatic rings. The topological polar surface area (TPSA) is 57.5 Å². The third-order valence-corrected chi connectivity index (χ3v) is 3.13. The van der Waals surface area contributed by atoms with E-state index in [9.17, 15) is 0 Å². The summed E-state index contributed by atoms with van der Waals surface area (Å²) in [7, 11) is 1.67. The van der Waals surface area contributed by atoms with Gasteiger partial charge >= 0.3 is 0 Å². The molecule has 1 heterocycles. The van der Waals surface area contributed by atoms with Crippen molar-refractivity contribution >= 4 is 0 Å². The van der Waals surface area contributed by atoms with E-state index in [2.05, 4.69) is 16.6 Å². The molecule has 114 valence electrons. The van der Waals surface area contributed by atoms with Crippen LogP contribution in [0.3, 0.4) is 0 Å². The van der Waals surface area contributed by atoms with Crippen LogP contribution < -0.4 is 5.32 Å². The van der Waals surface area contributed by atoms with Crippen LogP contribution in [0.25, 0.3) is 0 Å². The minimum Gasteiger partial charge on any atom is -0.382 e. The molecule has 6 nitrogen and oxygen atoms in total. The summed E-state index contributed by atoms with van der Waals surface area (Å²) in [5.74, 6) is 0. The molecule has 0 aliphatic heterocycles. The standard InChI is InChI=1S/C14H25N3O3/c1-18-6-7-20-9-8-19-5-4-17-12-13(11-16-17)10-15-14-2-3-14/h11-12,14-15H,2-10H2,1H3. The number of aromatic nitrogens is 2. The van der Waals surface area contributed by atoms with Gasteiger partial charge in [0.05, 0.1) is 45.8 Å². The molecule has 1 saturated carbocycles. The Balaban J connectivity index is 1.46. The van der Waals surface area contributed by atoms with E-state index >= 15 is 0 Å². The second-order valence-corrected chi connectivity index (χ2v) is 4.98. The van der Waals surface area contributed by atoms with E-state index in [1.165, 1.54) is 18.4 Å². The Morgan fingerprint density at radius 1 is 1.20 bits per heavy atom. The van der Waals surface area contributed by atoms with Crippen LogP contribution in [0.5, 0.6) is 0 Å². The van der Waals surface area contributed by atoms with Gasteiger partial charge in [-0.2, -0.15) is 5.10 Å². The zero-order valence-corrected chi connectivity index (χ0v) is 12.2. The smallest absolute Gasteiger partial charge is 0.0701 e. The predicted octanol–water partition coefficient (Wildman–Crippen LogP) is 0.815. The summed E-state index contributed by atoms with van der Waals surface area (Å²) in [6.07, 6.45) is 6.62. The molecular weight excluding hydrogens is 258 g/mol. The first-order chi connectivity index (χ1) is 9.88. The van der Waals surface area contributed by atoms with Gasteiger partial charge in [-0.3, -0.25) is 4.68 Å². The molecule has 1 N–H and O–H groups in total. The highest BCUT2D eigenvalue weighted by molar-refractivity contribution is 5.04. The third kappa shape index (κ3) is 6.47. The second kappa shape index (κ2) is 9.07. The Morgan fingerprint density at radius 3 is 2.70 bits per heavy atom. The van der Waals surface area contributed by atoms with Gasteiger partial charge in [-0.1, -0.05) is 0 Å². The fraction of sp³-hybridized carbons (Fsp3) is 0.786. The molecule has 0 amide bonds. The fourth-order valence-corrected chi connectivity index (χ4v) is 1.79. The van der Waals surface area contributed by atoms with Crippen molar-refractivity contribution in [1.29, 1.82) is 0 Å². The van der Waals surface area contributed by atoms with Gasteiger partial charge in [0.2, 0.25) is 0 Å². The summed E-state index contributed by atoms with van der Waals surface area (Å²) >= 11 is 0. The Kier molecular flexibility index (Phi) is 7.00. The van der Waals surface area contributed by atoms with Crippen LogP contribution >= 0.6 is 0 Å². The first-order valence-corrected chi connectivity index (χ1v) is 7.27. The van der Waals surface area contributed by atoms with Crippen LogP contribution in [-0.2, 0) is 27.3 Å². The van der Waals surface area contributed by atoms with Gasteiger partial charge in [-0.15, -0.1) is 0 Å². The van der Waals surface area contributed by atoms with E-state index in [0.717, 1.165) is 19.1 Å². The zero-order valence-electron chi connectivity index (χ0n) is 12.2. The van der Waals surface area contributed by atoms with E-state index in [1.807, 2.05) is 10.9 Å². The molecule has 0 bridgehead atoms. The van der Waals surface area contributed by atoms with Gasteiger partial charge in [0.25, 0.3) is 0 Å². The van der Waals surface area contributed by atoms with Gasteiger partial charge in [0.1, 0.15) is 0 Å². The predicted molar refractivity (Wildman–Crippen MR) is 75.6 cm³/mol. The lowest BCUT2D eigenvalue weighted by molar-refractivity contribution is 0.0225. The molecule has 0 atom stereocenters. The summed E-state index contributed by atoms with van der Waals surface area (Å²) in [6.45, 7) is 4.83. The summed E-state index contributed by atoms with van der Waals surface area (Å²) < 4.78 is 17.6. The van der Waals surface area contributed by atoms with Crippen molar-refractivity contribution in [2.75, 3.05) is 40.1 Å². The van der Waals surface area contributed by atoms with E-state index in [-0.39, 0.29) is 0 Å². The minimum atomic E-state index is 0.610. The third-order valence-electron chi connectivity index (χ3n) is 3.13. The van der Waals surface area contributed by atoms with Crippen molar-refractivity contribution in [2.45, 2.75) is 32.0 Å². The van der Waals surface area contributed by atoms with Crippen molar-refractivity contribution in [2.24, 2.45) is 0 Å². The molecule has 1 aliphatic rings. The molecule has 2 rings (SSSR count). The van der Waals surface area contributed by atoms with Gasteiger partial charge in [0.15, 0.2) is 0 Å². The summed E-state index contributed by atoms with van der Waals surface area (Å²) in [5.41, 5.74) is 1.24. The maximum Gasteiger partial charge on any atom is 0.0701 e. The highest BCUT2D eigenvalue weighted by Crippen LogP contribution is 2.19. The Hall–Kier alpha value is -0.950. The molecular formula is C14H25N3O3. The highest BCUT2D eigenvalue weighted by Gasteiger charge is 2.20. The molecule has 0 radical (unpaired) electrons. The SMILES string of the molecule is COCCOCCOCCn1cc(CNC2CC2)cn1. The monoisotopic (exact) mass is 283 g/mol. The Morgan fingerprint density at radius 2 is 1.95 bits per heavy atom. The summed E-state index contributed by atoms with van der Waals surface area (Å²) in [5, 5.41) is 7.80. The molecule has 0 saturated heterocycles. The first kappa shape index (κ1) is 15.4. The summed E-state index contributed by atoms with van der Waals surface area (Å²) in [4.78, 5) is 0. The number of rotatable bonds is 12. The first-order valence-electron chi connectivity index (χ1n) is 7.27. The molecule has 0 unspecified atom stereocenters. The van der Waals surface area contributed by atoms with Crippen LogP contribution in [-0.4, -0.2) is 56.0 Å². The van der Waals surface area contributed by atoms with Crippen molar-refractivity contribution in [3.8, 4) is 0 Å². The molecule has 1 aromatic heterocycles. The van der Waals surface area contributed by atoms with Crippen LogP contribution in [0, 0.1) is 0 Å². The lowest BCUT2D eigenvalue weighted by Gasteiger charge is -2.05. The largest absolute Gasteiger partial charge is 0.382 e. The second-order valence-electron chi connectivity index (χ2n) is 4.98. The van der Waals surface area contributed by atoms with E-state index < -0.39 is 0 Å². The molecule has 0 aromatic carbocycles. The van der Waals surface area contributed by atoms with E-state index in [4.69, 9.17) is 14.2 Å². The van der Waals surface area contributed by atoms with Gasteiger partial charge in [-0.05, 0) is 12.8 Å². The van der Waals surface area contributed by atoms with Crippen LogP contribution in [0.4, 0.5) is 0 Å². The van der Waals surface area contributed by atoms with Gasteiger partial charge in [-0.25, -0.2) is 0 Å². The average Bonchev–Trinajstić information content (AvgIpc) is 3.18. The van der Waals surface area contributed by atoms with Crippen molar-refractivity contribution in [1.82, 2.24) is 15.1 Å². The number of hydrogen-bond donors (Lipinski definition) is 1. The van der Waals surface area contributed by atoms with Crippen LogP contribution in [0.1, 0.15) is 18.4 Å². The van der Waals surface area contributed by atoms with E-state index in [0.29, 0.717) is 33.0 Å². The molecule has 6 heteroatoms. The zero-order chi connectivity index (χ0) is 14.0. The average molecular weight is 283 g/mol. The van der Waals surface area contributed by atoms with E-state index in [1.54, 1.807) is 7.11 Å². The Labute approximate surface area is 120 Å². The van der Waals surface area contributed by atoms with Crippen molar-refractivity contribution in [3.05, 3.63) is 18.0 Å². The molecule has 20 heavy (non-hydrogen) atoms. The fourth-order valence-electron chi connectivity index (χ4n) is 1.79. The van der Waals surface area contributed by atoms with Crippen LogP contribution in [0.15, 0.2) is 12.4 Å². The normalized spacial score (nSPS) is 14.8. The lowest BCUT2D eigenvalue weighted by Crippen LogP contribution is -2.15. The van der Waals surface area contributed by atoms with Crippen molar-refractivity contribution < 1.29 is 14.2 Å². The minimum absolute atomic E-state index is 0.610. The highest BCUT2D eigenvalue weighted by atomic mass is 16.5. The molecule has 1 fully saturated rings. The number of hydrogen-bond acceptors (Lipinski definition) is 5. The maximum atomic E-state index is 5.49. The van der Waals surface area contributed by atoms with Gasteiger partial charge < -0.3 is 19.5 Å². The Bertz CT molecular complexity index is 366. The van der Waals surface area contributed by atoms with Gasteiger partial charge in [0, 0.05) is 31.5 Å². The quantitative estimate of drug-likeness (QED) is 0.575. The number of nitrogens with zero attached hydrogens (tertiary/aromatic N) is 2. The maximum absolute atomic E-state index is 5.49.